The Morgan fingerprint density at radius 2 is 2.10 bits per heavy atom. The molecule has 1 saturated heterocycles. The lowest BCUT2D eigenvalue weighted by Gasteiger charge is -2.28. The van der Waals surface area contributed by atoms with Crippen LogP contribution in [0, 0.1) is 0 Å². The third kappa shape index (κ3) is 4.11. The summed E-state index contributed by atoms with van der Waals surface area (Å²) in [6.07, 6.45) is 3.77. The number of carbonyl (C=O) groups is 1. The molecule has 0 radical (unpaired) electrons. The summed E-state index contributed by atoms with van der Waals surface area (Å²) in [5.41, 5.74) is 2.87. The number of nitrogens with one attached hydrogen (secondary N) is 1. The van der Waals surface area contributed by atoms with Gasteiger partial charge in [0.05, 0.1) is 24.4 Å². The van der Waals surface area contributed by atoms with Crippen LogP contribution < -0.4 is 5.32 Å². The molecule has 0 bridgehead atoms. The number of aromatic nitrogens is 2. The first-order valence-electron chi connectivity index (χ1n) is 9.65. The molecule has 0 unspecified atom stereocenters. The molecule has 1 N–H and O–H groups in total. The van der Waals surface area contributed by atoms with Gasteiger partial charge in [-0.2, -0.15) is 0 Å². The van der Waals surface area contributed by atoms with Gasteiger partial charge in [0.2, 0.25) is 0 Å². The summed E-state index contributed by atoms with van der Waals surface area (Å²) in [5.74, 6) is -0.311. The first-order valence-corrected chi connectivity index (χ1v) is 10.9. The Hall–Kier alpha value is -2.71. The van der Waals surface area contributed by atoms with Crippen LogP contribution in [0.1, 0.15) is 30.4 Å². The summed E-state index contributed by atoms with van der Waals surface area (Å²) < 4.78 is 8.29. The highest BCUT2D eigenvalue weighted by molar-refractivity contribution is 9.10. The van der Waals surface area contributed by atoms with Crippen LogP contribution in [0.2, 0.25) is 0 Å². The molecule has 1 aliphatic rings. The predicted octanol–water partition coefficient (Wildman–Crippen LogP) is 4.17. The smallest absolute Gasteiger partial charge is 0.325 e. The van der Waals surface area contributed by atoms with Crippen molar-refractivity contribution in [3.05, 3.63) is 82.9 Å². The monoisotopic (exact) mass is 484 g/mol. The van der Waals surface area contributed by atoms with Gasteiger partial charge < -0.3 is 19.5 Å². The molecule has 6 nitrogen and oxygen atoms in total. The maximum atomic E-state index is 12.3. The number of pyridine rings is 1. The third-order valence-electron chi connectivity index (χ3n) is 4.97. The molecule has 8 heteroatoms. The van der Waals surface area contributed by atoms with E-state index in [0.717, 1.165) is 21.5 Å². The Morgan fingerprint density at radius 1 is 1.23 bits per heavy atom. The summed E-state index contributed by atoms with van der Waals surface area (Å²) in [5, 5.41) is 3.87. The Balaban J connectivity index is 1.79. The molecule has 2 aromatic heterocycles. The molecular weight excluding hydrogens is 464 g/mol. The van der Waals surface area contributed by atoms with Crippen molar-refractivity contribution in [2.75, 3.05) is 13.2 Å². The number of rotatable bonds is 6. The second-order valence-corrected chi connectivity index (χ2v) is 8.14. The van der Waals surface area contributed by atoms with Crippen molar-refractivity contribution >= 4 is 39.2 Å². The van der Waals surface area contributed by atoms with Gasteiger partial charge in [0.15, 0.2) is 5.11 Å². The van der Waals surface area contributed by atoms with Crippen LogP contribution >= 0.6 is 28.1 Å². The van der Waals surface area contributed by atoms with Crippen LogP contribution in [0.3, 0.4) is 0 Å². The maximum Gasteiger partial charge on any atom is 0.325 e. The average Bonchev–Trinajstić information content (AvgIpc) is 3.34. The zero-order valence-electron chi connectivity index (χ0n) is 16.4. The quantitative estimate of drug-likeness (QED) is 0.418. The van der Waals surface area contributed by atoms with Gasteiger partial charge in [-0.1, -0.05) is 28.1 Å². The molecule has 1 aromatic carbocycles. The lowest BCUT2D eigenvalue weighted by molar-refractivity contribution is -0.143. The van der Waals surface area contributed by atoms with E-state index >= 15 is 0 Å². The minimum Gasteiger partial charge on any atom is -0.465 e. The molecule has 1 aliphatic heterocycles. The highest BCUT2D eigenvalue weighted by Crippen LogP contribution is 2.39. The van der Waals surface area contributed by atoms with Crippen LogP contribution in [0.5, 0.6) is 0 Å². The van der Waals surface area contributed by atoms with Gasteiger partial charge in [0.25, 0.3) is 0 Å². The number of esters is 1. The van der Waals surface area contributed by atoms with E-state index in [4.69, 9.17) is 17.0 Å². The second-order valence-electron chi connectivity index (χ2n) is 6.84. The number of nitrogens with zero attached hydrogens (tertiary/aromatic N) is 3. The predicted molar refractivity (Wildman–Crippen MR) is 122 cm³/mol. The molecule has 3 aromatic rings. The van der Waals surface area contributed by atoms with Gasteiger partial charge >= 0.3 is 5.97 Å². The van der Waals surface area contributed by atoms with Crippen molar-refractivity contribution < 1.29 is 9.53 Å². The molecule has 1 fully saturated rings. The number of benzene rings is 1. The summed E-state index contributed by atoms with van der Waals surface area (Å²) in [7, 11) is 0. The SMILES string of the molecule is CCOC(=O)CN1C(=S)N[C@H](c2ccccn2)[C@H]1c1cccn1-c1cccc(Br)c1. The van der Waals surface area contributed by atoms with E-state index in [1.165, 1.54) is 0 Å². The number of halogens is 1. The van der Waals surface area contributed by atoms with E-state index in [1.807, 2.05) is 53.6 Å². The fourth-order valence-electron chi connectivity index (χ4n) is 3.74. The maximum absolute atomic E-state index is 12.3. The topological polar surface area (TPSA) is 59.4 Å². The van der Waals surface area contributed by atoms with Crippen LogP contribution in [0.25, 0.3) is 5.69 Å². The fraction of sp³-hybridized carbons (Fsp3) is 0.227. The molecule has 154 valence electrons. The first kappa shape index (κ1) is 20.6. The van der Waals surface area contributed by atoms with E-state index in [1.54, 1.807) is 13.1 Å². The van der Waals surface area contributed by atoms with Crippen molar-refractivity contribution in [1.29, 1.82) is 0 Å². The van der Waals surface area contributed by atoms with Crippen molar-refractivity contribution in [2.45, 2.75) is 19.0 Å². The third-order valence-corrected chi connectivity index (χ3v) is 5.82. The van der Waals surface area contributed by atoms with Crippen LogP contribution in [0.4, 0.5) is 0 Å². The molecular formula is C22H21BrN4O2S. The van der Waals surface area contributed by atoms with E-state index in [2.05, 4.69) is 42.9 Å². The molecule has 3 heterocycles. The molecule has 2 atom stereocenters. The van der Waals surface area contributed by atoms with Crippen molar-refractivity contribution in [1.82, 2.24) is 19.8 Å². The van der Waals surface area contributed by atoms with Crippen molar-refractivity contribution in [2.24, 2.45) is 0 Å². The normalized spacial score (nSPS) is 18.3. The first-order chi connectivity index (χ1) is 14.6. The van der Waals surface area contributed by atoms with E-state index in [0.29, 0.717) is 11.7 Å². The largest absolute Gasteiger partial charge is 0.465 e. The second kappa shape index (κ2) is 8.97. The Labute approximate surface area is 189 Å². The molecule has 0 spiro atoms. The molecule has 4 rings (SSSR count). The summed E-state index contributed by atoms with van der Waals surface area (Å²) in [4.78, 5) is 18.7. The zero-order chi connectivity index (χ0) is 21.1. The highest BCUT2D eigenvalue weighted by atomic mass is 79.9. The number of carbonyl (C=O) groups excluding carboxylic acids is 1. The van der Waals surface area contributed by atoms with E-state index < -0.39 is 0 Å². The summed E-state index contributed by atoms with van der Waals surface area (Å²) in [6.45, 7) is 2.19. The lowest BCUT2D eigenvalue weighted by Crippen LogP contribution is -2.36. The Kier molecular flexibility index (Phi) is 6.15. The van der Waals surface area contributed by atoms with Crippen LogP contribution in [-0.4, -0.2) is 38.7 Å². The lowest BCUT2D eigenvalue weighted by atomic mass is 10.0. The summed E-state index contributed by atoms with van der Waals surface area (Å²) >= 11 is 9.16. The van der Waals surface area contributed by atoms with Crippen LogP contribution in [-0.2, 0) is 9.53 Å². The Morgan fingerprint density at radius 3 is 2.83 bits per heavy atom. The molecule has 30 heavy (non-hydrogen) atoms. The zero-order valence-corrected chi connectivity index (χ0v) is 18.8. The Bertz CT molecular complexity index is 1060. The average molecular weight is 485 g/mol. The molecule has 0 amide bonds. The van der Waals surface area contributed by atoms with Gasteiger partial charge in [-0.3, -0.25) is 9.78 Å². The van der Waals surface area contributed by atoms with Gasteiger partial charge in [-0.15, -0.1) is 0 Å². The van der Waals surface area contributed by atoms with E-state index in [9.17, 15) is 4.79 Å². The summed E-state index contributed by atoms with van der Waals surface area (Å²) in [6, 6.07) is 17.5. The molecule has 0 aliphatic carbocycles. The van der Waals surface area contributed by atoms with Crippen LogP contribution in [0.15, 0.2) is 71.5 Å². The van der Waals surface area contributed by atoms with Gasteiger partial charge in [0, 0.05) is 28.2 Å². The van der Waals surface area contributed by atoms with E-state index in [-0.39, 0.29) is 24.6 Å². The number of ether oxygens (including phenoxy) is 1. The molecule has 0 saturated carbocycles. The van der Waals surface area contributed by atoms with Crippen molar-refractivity contribution in [3.8, 4) is 5.69 Å². The minimum absolute atomic E-state index is 0.0668. The van der Waals surface area contributed by atoms with Crippen molar-refractivity contribution in [3.63, 3.8) is 0 Å². The standard InChI is InChI=1S/C22H21BrN4O2S/c1-2-29-19(28)14-27-21(20(25-22(27)30)17-9-3-4-11-24-17)18-10-6-12-26(18)16-8-5-7-15(23)13-16/h3-13,20-21H,2,14H2,1H3,(H,25,30)/t20-,21-/m1/s1. The number of hydrogen-bond donors (Lipinski definition) is 1. The highest BCUT2D eigenvalue weighted by Gasteiger charge is 2.42. The number of hydrogen-bond acceptors (Lipinski definition) is 4. The van der Waals surface area contributed by atoms with Gasteiger partial charge in [0.1, 0.15) is 6.54 Å². The number of thiocarbonyl (C=S) groups is 1. The fourth-order valence-corrected chi connectivity index (χ4v) is 4.43. The van der Waals surface area contributed by atoms with Gasteiger partial charge in [-0.05, 0) is 61.6 Å². The van der Waals surface area contributed by atoms with Gasteiger partial charge in [-0.25, -0.2) is 0 Å². The minimum atomic E-state index is -0.311.